The van der Waals surface area contributed by atoms with Gasteiger partial charge in [0.25, 0.3) is 0 Å². The van der Waals surface area contributed by atoms with Crippen LogP contribution in [0, 0.1) is 29.6 Å². The van der Waals surface area contributed by atoms with Crippen LogP contribution in [0.15, 0.2) is 12.1 Å². The van der Waals surface area contributed by atoms with Gasteiger partial charge in [-0.3, -0.25) is 0 Å². The summed E-state index contributed by atoms with van der Waals surface area (Å²) in [5.74, 6) is 0. The minimum atomic E-state index is 0.252. The van der Waals surface area contributed by atoms with Gasteiger partial charge in [0, 0.05) is 5.69 Å². The van der Waals surface area contributed by atoms with E-state index in [1.54, 1.807) is 12.1 Å². The number of hydrogen-bond acceptors (Lipinski definition) is 3. The average molecular weight is 171 g/mol. The van der Waals surface area contributed by atoms with E-state index >= 15 is 0 Å². The van der Waals surface area contributed by atoms with E-state index in [-0.39, 0.29) is 6.42 Å². The van der Waals surface area contributed by atoms with Crippen LogP contribution in [0.25, 0.3) is 0 Å². The van der Waals surface area contributed by atoms with Gasteiger partial charge in [-0.25, -0.2) is 0 Å². The van der Waals surface area contributed by atoms with Gasteiger partial charge in [0.2, 0.25) is 0 Å². The van der Waals surface area contributed by atoms with Crippen molar-refractivity contribution < 1.29 is 0 Å². The van der Waals surface area contributed by atoms with E-state index in [0.29, 0.717) is 11.3 Å². The number of nitrogen functional groups attached to an aromatic ring is 1. The quantitative estimate of drug-likeness (QED) is 0.651. The highest BCUT2D eigenvalue weighted by Gasteiger charge is 2.04. The zero-order valence-electron chi connectivity index (χ0n) is 7.33. The predicted molar refractivity (Wildman–Crippen MR) is 49.6 cm³/mol. The largest absolute Gasteiger partial charge is 0.398 e. The molecule has 0 saturated carbocycles. The van der Waals surface area contributed by atoms with Crippen LogP contribution in [0.4, 0.5) is 5.69 Å². The molecule has 0 unspecified atom stereocenters. The monoisotopic (exact) mass is 171 g/mol. The molecule has 0 aliphatic rings. The molecule has 0 aliphatic carbocycles. The molecule has 0 amide bonds. The smallest absolute Gasteiger partial charge is 0.0991 e. The van der Waals surface area contributed by atoms with Gasteiger partial charge in [-0.15, -0.1) is 0 Å². The van der Waals surface area contributed by atoms with Crippen LogP contribution >= 0.6 is 0 Å². The zero-order chi connectivity index (χ0) is 9.84. The zero-order valence-corrected chi connectivity index (χ0v) is 7.33. The van der Waals surface area contributed by atoms with Gasteiger partial charge in [0.1, 0.15) is 0 Å². The predicted octanol–water partition coefficient (Wildman–Crippen LogP) is 1.51. The van der Waals surface area contributed by atoms with Gasteiger partial charge in [-0.1, -0.05) is 0 Å². The van der Waals surface area contributed by atoms with Gasteiger partial charge in [0.05, 0.1) is 24.1 Å². The highest BCUT2D eigenvalue weighted by molar-refractivity contribution is 5.57. The van der Waals surface area contributed by atoms with Crippen LogP contribution in [0.1, 0.15) is 16.7 Å². The first-order chi connectivity index (χ1) is 6.19. The molecule has 0 bridgehead atoms. The van der Waals surface area contributed by atoms with E-state index in [1.807, 2.05) is 19.1 Å². The van der Waals surface area contributed by atoms with Gasteiger partial charge in [-0.2, -0.15) is 10.5 Å². The molecule has 3 heteroatoms. The number of rotatable bonds is 1. The van der Waals surface area contributed by atoms with Gasteiger partial charge < -0.3 is 5.73 Å². The summed E-state index contributed by atoms with van der Waals surface area (Å²) in [6.07, 6.45) is 0.252. The Labute approximate surface area is 77.0 Å². The third-order valence-corrected chi connectivity index (χ3v) is 1.87. The van der Waals surface area contributed by atoms with Crippen molar-refractivity contribution >= 4 is 5.69 Å². The van der Waals surface area contributed by atoms with Crippen LogP contribution in [0.2, 0.25) is 0 Å². The summed E-state index contributed by atoms with van der Waals surface area (Å²) in [6.45, 7) is 1.83. The summed E-state index contributed by atoms with van der Waals surface area (Å²) in [6, 6.07) is 7.42. The Morgan fingerprint density at radius 2 is 2.08 bits per heavy atom. The molecular formula is C10H9N3. The lowest BCUT2D eigenvalue weighted by molar-refractivity contribution is 1.24. The second-order valence-corrected chi connectivity index (χ2v) is 2.81. The number of aryl methyl sites for hydroxylation is 1. The van der Waals surface area contributed by atoms with Crippen molar-refractivity contribution in [3.05, 3.63) is 28.8 Å². The van der Waals surface area contributed by atoms with Crippen LogP contribution in [-0.4, -0.2) is 0 Å². The molecule has 3 nitrogen and oxygen atoms in total. The maximum absolute atomic E-state index is 8.67. The van der Waals surface area contributed by atoms with E-state index in [9.17, 15) is 0 Å². The number of nitriles is 2. The molecule has 0 aliphatic heterocycles. The second-order valence-electron chi connectivity index (χ2n) is 2.81. The summed E-state index contributed by atoms with van der Waals surface area (Å²) < 4.78 is 0. The molecule has 1 rings (SSSR count). The van der Waals surface area contributed by atoms with Gasteiger partial charge in [-0.05, 0) is 30.2 Å². The summed E-state index contributed by atoms with van der Waals surface area (Å²) in [4.78, 5) is 0. The molecule has 1 aromatic carbocycles. The van der Waals surface area contributed by atoms with Crippen molar-refractivity contribution in [3.63, 3.8) is 0 Å². The SMILES string of the molecule is Cc1cc(C#N)cc(CC#N)c1N. The second kappa shape index (κ2) is 3.60. The maximum atomic E-state index is 8.67. The molecule has 0 heterocycles. The molecule has 0 fully saturated rings. The maximum Gasteiger partial charge on any atom is 0.0991 e. The first-order valence-corrected chi connectivity index (χ1v) is 3.85. The summed E-state index contributed by atoms with van der Waals surface area (Å²) >= 11 is 0. The lowest BCUT2D eigenvalue weighted by Crippen LogP contribution is -1.97. The Morgan fingerprint density at radius 1 is 1.38 bits per heavy atom. The topological polar surface area (TPSA) is 73.6 Å². The number of benzene rings is 1. The van der Waals surface area contributed by atoms with E-state index in [4.69, 9.17) is 16.3 Å². The van der Waals surface area contributed by atoms with Crippen molar-refractivity contribution in [2.45, 2.75) is 13.3 Å². The number of nitrogens with two attached hydrogens (primary N) is 1. The Hall–Kier alpha value is -2.00. The Balaban J connectivity index is 3.28. The molecule has 1 aromatic rings. The Morgan fingerprint density at radius 3 is 2.62 bits per heavy atom. The minimum absolute atomic E-state index is 0.252. The molecule has 0 aromatic heterocycles. The fourth-order valence-electron chi connectivity index (χ4n) is 1.17. The molecule has 2 N–H and O–H groups in total. The first kappa shape index (κ1) is 9.09. The molecule has 13 heavy (non-hydrogen) atoms. The number of nitrogens with zero attached hydrogens (tertiary/aromatic N) is 2. The van der Waals surface area contributed by atoms with Crippen molar-refractivity contribution in [3.8, 4) is 12.1 Å². The summed E-state index contributed by atoms with van der Waals surface area (Å²) in [7, 11) is 0. The number of hydrogen-bond donors (Lipinski definition) is 1. The van der Waals surface area contributed by atoms with Crippen molar-refractivity contribution in [2.24, 2.45) is 0 Å². The summed E-state index contributed by atoms with van der Waals surface area (Å²) in [5.41, 5.74) is 8.48. The lowest BCUT2D eigenvalue weighted by atomic mass is 10.0. The fourth-order valence-corrected chi connectivity index (χ4v) is 1.17. The minimum Gasteiger partial charge on any atom is -0.398 e. The average Bonchev–Trinajstić information content (AvgIpc) is 2.13. The molecule has 0 saturated heterocycles. The molecule has 0 spiro atoms. The first-order valence-electron chi connectivity index (χ1n) is 3.85. The van der Waals surface area contributed by atoms with E-state index in [0.717, 1.165) is 11.1 Å². The van der Waals surface area contributed by atoms with E-state index < -0.39 is 0 Å². The fraction of sp³-hybridized carbons (Fsp3) is 0.200. The third-order valence-electron chi connectivity index (χ3n) is 1.87. The molecular weight excluding hydrogens is 162 g/mol. The van der Waals surface area contributed by atoms with Gasteiger partial charge >= 0.3 is 0 Å². The lowest BCUT2D eigenvalue weighted by Gasteiger charge is -2.05. The highest BCUT2D eigenvalue weighted by atomic mass is 14.6. The van der Waals surface area contributed by atoms with Crippen molar-refractivity contribution in [1.82, 2.24) is 0 Å². The van der Waals surface area contributed by atoms with E-state index in [1.165, 1.54) is 0 Å². The highest BCUT2D eigenvalue weighted by Crippen LogP contribution is 2.19. The third kappa shape index (κ3) is 1.77. The summed E-state index contributed by atoms with van der Waals surface area (Å²) in [5, 5.41) is 17.2. The van der Waals surface area contributed by atoms with E-state index in [2.05, 4.69) is 0 Å². The van der Waals surface area contributed by atoms with Crippen molar-refractivity contribution in [2.75, 3.05) is 5.73 Å². The van der Waals surface area contributed by atoms with Crippen LogP contribution in [-0.2, 0) is 6.42 Å². The molecule has 0 radical (unpaired) electrons. The van der Waals surface area contributed by atoms with Crippen LogP contribution in [0.5, 0.6) is 0 Å². The standard InChI is InChI=1S/C10H9N3/c1-7-4-8(6-12)5-9(2-3-11)10(7)13/h4-5H,2,13H2,1H3. The molecule has 64 valence electrons. The van der Waals surface area contributed by atoms with Crippen LogP contribution < -0.4 is 5.73 Å². The normalized spacial score (nSPS) is 8.85. The van der Waals surface area contributed by atoms with Crippen LogP contribution in [0.3, 0.4) is 0 Å². The molecule has 0 atom stereocenters. The van der Waals surface area contributed by atoms with Gasteiger partial charge in [0.15, 0.2) is 0 Å². The Kier molecular flexibility index (Phi) is 2.52. The number of anilines is 1. The Bertz CT molecular complexity index is 407. The van der Waals surface area contributed by atoms with Crippen molar-refractivity contribution in [1.29, 1.82) is 10.5 Å².